The summed E-state index contributed by atoms with van der Waals surface area (Å²) < 4.78 is 32.2. The Morgan fingerprint density at radius 2 is 2.00 bits per heavy atom. The zero-order valence-electron chi connectivity index (χ0n) is 12.0. The largest absolute Gasteiger partial charge is 0.444 e. The minimum atomic E-state index is -3.52. The van der Waals surface area contributed by atoms with E-state index in [0.29, 0.717) is 12.2 Å². The lowest BCUT2D eigenvalue weighted by Gasteiger charge is -2.33. The highest BCUT2D eigenvalue weighted by Crippen LogP contribution is 2.22. The first-order chi connectivity index (χ1) is 8.48. The van der Waals surface area contributed by atoms with Crippen molar-refractivity contribution in [3.05, 3.63) is 11.8 Å². The van der Waals surface area contributed by atoms with E-state index in [-0.39, 0.29) is 12.6 Å². The number of carbonyl (C=O) groups excluding carboxylic acids is 1. The van der Waals surface area contributed by atoms with E-state index in [0.717, 1.165) is 6.26 Å². The lowest BCUT2D eigenvalue weighted by atomic mass is 10.1. The van der Waals surface area contributed by atoms with Crippen LogP contribution in [0.2, 0.25) is 0 Å². The summed E-state index contributed by atoms with van der Waals surface area (Å²) in [6.45, 7) is 7.50. The minimum Gasteiger partial charge on any atom is -0.444 e. The van der Waals surface area contributed by atoms with Crippen molar-refractivity contribution in [2.24, 2.45) is 0 Å². The van der Waals surface area contributed by atoms with Gasteiger partial charge >= 0.3 is 16.2 Å². The molecule has 1 aliphatic rings. The van der Waals surface area contributed by atoms with Gasteiger partial charge in [0.1, 0.15) is 11.4 Å². The molecule has 0 radical (unpaired) electrons. The Bertz CT molecular complexity index is 475. The molecule has 0 saturated carbocycles. The first-order valence-electron chi connectivity index (χ1n) is 6.06. The van der Waals surface area contributed by atoms with Gasteiger partial charge < -0.3 is 13.8 Å². The SMILES string of the molecule is CC1CC(OS(C)(=O)=O)=CCN1C(=O)OC(C)(C)C. The number of carbonyl (C=O) groups is 1. The van der Waals surface area contributed by atoms with E-state index in [2.05, 4.69) is 0 Å². The van der Waals surface area contributed by atoms with Crippen molar-refractivity contribution in [3.8, 4) is 0 Å². The molecule has 1 atom stereocenters. The minimum absolute atomic E-state index is 0.170. The molecule has 0 aromatic rings. The summed E-state index contributed by atoms with van der Waals surface area (Å²) in [6, 6.07) is -0.170. The predicted octanol–water partition coefficient (Wildman–Crippen LogP) is 1.88. The van der Waals surface area contributed by atoms with Crippen LogP contribution in [-0.2, 0) is 19.0 Å². The summed E-state index contributed by atoms with van der Waals surface area (Å²) in [4.78, 5) is 13.5. The highest BCUT2D eigenvalue weighted by Gasteiger charge is 2.29. The molecule has 19 heavy (non-hydrogen) atoms. The Labute approximate surface area is 114 Å². The van der Waals surface area contributed by atoms with Crippen LogP contribution in [0.3, 0.4) is 0 Å². The Morgan fingerprint density at radius 1 is 1.42 bits per heavy atom. The molecule has 1 heterocycles. The predicted molar refractivity (Wildman–Crippen MR) is 71.0 cm³/mol. The quantitative estimate of drug-likeness (QED) is 0.726. The van der Waals surface area contributed by atoms with E-state index >= 15 is 0 Å². The third kappa shape index (κ3) is 5.50. The highest BCUT2D eigenvalue weighted by atomic mass is 32.2. The van der Waals surface area contributed by atoms with Gasteiger partial charge in [-0.1, -0.05) is 0 Å². The number of hydrogen-bond acceptors (Lipinski definition) is 5. The zero-order valence-corrected chi connectivity index (χ0v) is 12.8. The van der Waals surface area contributed by atoms with Crippen molar-refractivity contribution >= 4 is 16.2 Å². The molecule has 0 bridgehead atoms. The smallest absolute Gasteiger partial charge is 0.410 e. The van der Waals surface area contributed by atoms with Crippen LogP contribution in [0.15, 0.2) is 11.8 Å². The third-order valence-corrected chi connectivity index (χ3v) is 2.95. The second-order valence-electron chi connectivity index (χ2n) is 5.64. The van der Waals surface area contributed by atoms with Crippen molar-refractivity contribution in [3.63, 3.8) is 0 Å². The summed E-state index contributed by atoms with van der Waals surface area (Å²) in [5.74, 6) is 0.370. The van der Waals surface area contributed by atoms with E-state index < -0.39 is 21.8 Å². The lowest BCUT2D eigenvalue weighted by molar-refractivity contribution is 0.0180. The number of ether oxygens (including phenoxy) is 1. The van der Waals surface area contributed by atoms with Gasteiger partial charge in [0.05, 0.1) is 6.26 Å². The van der Waals surface area contributed by atoms with Crippen molar-refractivity contribution in [1.29, 1.82) is 0 Å². The van der Waals surface area contributed by atoms with Crippen LogP contribution >= 0.6 is 0 Å². The van der Waals surface area contributed by atoms with Crippen molar-refractivity contribution in [2.75, 3.05) is 12.8 Å². The van der Waals surface area contributed by atoms with E-state index in [4.69, 9.17) is 8.92 Å². The Hall–Kier alpha value is -1.24. The fourth-order valence-electron chi connectivity index (χ4n) is 1.70. The number of rotatable bonds is 2. The average Bonchev–Trinajstić information content (AvgIpc) is 2.11. The van der Waals surface area contributed by atoms with Gasteiger partial charge in [-0.15, -0.1) is 0 Å². The summed E-state index contributed by atoms with van der Waals surface area (Å²) in [6.07, 6.45) is 2.53. The van der Waals surface area contributed by atoms with Gasteiger partial charge in [-0.05, 0) is 33.8 Å². The van der Waals surface area contributed by atoms with Crippen LogP contribution in [0.5, 0.6) is 0 Å². The molecule has 0 spiro atoms. The lowest BCUT2D eigenvalue weighted by Crippen LogP contribution is -2.44. The molecule has 6 nitrogen and oxygen atoms in total. The maximum Gasteiger partial charge on any atom is 0.410 e. The third-order valence-electron chi connectivity index (χ3n) is 2.43. The maximum absolute atomic E-state index is 11.9. The van der Waals surface area contributed by atoms with Crippen LogP contribution in [0, 0.1) is 0 Å². The van der Waals surface area contributed by atoms with Crippen molar-refractivity contribution < 1.29 is 22.1 Å². The summed E-state index contributed by atoms with van der Waals surface area (Å²) in [5, 5.41) is 0. The Morgan fingerprint density at radius 3 is 2.42 bits per heavy atom. The topological polar surface area (TPSA) is 72.9 Å². The van der Waals surface area contributed by atoms with Gasteiger partial charge in [-0.25, -0.2) is 4.79 Å². The zero-order chi connectivity index (χ0) is 14.8. The van der Waals surface area contributed by atoms with Gasteiger partial charge in [0, 0.05) is 19.0 Å². The monoisotopic (exact) mass is 291 g/mol. The normalized spacial score (nSPS) is 20.8. The van der Waals surface area contributed by atoms with Crippen LogP contribution < -0.4 is 0 Å². The molecule has 1 amide bonds. The standard InChI is InChI=1S/C12H21NO5S/c1-9-8-10(18-19(5,15)16)6-7-13(9)11(14)17-12(2,3)4/h6,9H,7-8H2,1-5H3. The molecule has 1 aliphatic heterocycles. The molecule has 0 aromatic carbocycles. The molecular formula is C12H21NO5S. The summed E-state index contributed by atoms with van der Waals surface area (Å²) in [7, 11) is -3.52. The molecule has 0 aromatic heterocycles. The Balaban J connectivity index is 2.70. The summed E-state index contributed by atoms with van der Waals surface area (Å²) >= 11 is 0. The van der Waals surface area contributed by atoms with Crippen LogP contribution in [0.4, 0.5) is 4.79 Å². The van der Waals surface area contributed by atoms with E-state index in [1.807, 2.05) is 6.92 Å². The molecule has 110 valence electrons. The Kier molecular flexibility index (Phi) is 4.50. The number of hydrogen-bond donors (Lipinski definition) is 0. The maximum atomic E-state index is 11.9. The van der Waals surface area contributed by atoms with Gasteiger partial charge in [0.2, 0.25) is 0 Å². The van der Waals surface area contributed by atoms with Crippen LogP contribution in [-0.4, -0.2) is 43.9 Å². The van der Waals surface area contributed by atoms with E-state index in [9.17, 15) is 13.2 Å². The molecule has 0 saturated heterocycles. The second kappa shape index (κ2) is 5.40. The van der Waals surface area contributed by atoms with E-state index in [1.54, 1.807) is 31.7 Å². The average molecular weight is 291 g/mol. The summed E-state index contributed by atoms with van der Waals surface area (Å²) in [5.41, 5.74) is -0.552. The first-order valence-corrected chi connectivity index (χ1v) is 7.88. The molecular weight excluding hydrogens is 270 g/mol. The van der Waals surface area contributed by atoms with Crippen molar-refractivity contribution in [1.82, 2.24) is 4.90 Å². The molecule has 1 unspecified atom stereocenters. The fraction of sp³-hybridized carbons (Fsp3) is 0.750. The molecule has 0 aliphatic carbocycles. The van der Waals surface area contributed by atoms with Crippen LogP contribution in [0.25, 0.3) is 0 Å². The van der Waals surface area contributed by atoms with Gasteiger partial charge in [-0.2, -0.15) is 8.42 Å². The molecule has 0 N–H and O–H groups in total. The van der Waals surface area contributed by atoms with Gasteiger partial charge in [0.25, 0.3) is 0 Å². The molecule has 7 heteroatoms. The highest BCUT2D eigenvalue weighted by molar-refractivity contribution is 7.86. The van der Waals surface area contributed by atoms with Gasteiger partial charge in [-0.3, -0.25) is 0 Å². The van der Waals surface area contributed by atoms with E-state index in [1.165, 1.54) is 0 Å². The van der Waals surface area contributed by atoms with Gasteiger partial charge in [0.15, 0.2) is 0 Å². The molecule has 0 fully saturated rings. The van der Waals surface area contributed by atoms with Crippen molar-refractivity contribution in [2.45, 2.75) is 45.8 Å². The second-order valence-corrected chi connectivity index (χ2v) is 7.22. The molecule has 1 rings (SSSR count). The first kappa shape index (κ1) is 15.8. The fourth-order valence-corrected chi connectivity index (χ4v) is 2.23. The van der Waals surface area contributed by atoms with Crippen LogP contribution in [0.1, 0.15) is 34.1 Å². The number of amides is 1. The number of nitrogens with zero attached hydrogens (tertiary/aromatic N) is 1.